The van der Waals surface area contributed by atoms with Crippen LogP contribution in [0.1, 0.15) is 98.8 Å². The largest absolute Gasteiger partial charge is 0.475 e. The Morgan fingerprint density at radius 2 is 1.09 bits per heavy atom. The fourth-order valence-corrected chi connectivity index (χ4v) is 4.23. The van der Waals surface area contributed by atoms with Crippen molar-refractivity contribution in [2.45, 2.75) is 111 Å². The van der Waals surface area contributed by atoms with E-state index in [1.807, 2.05) is 0 Å². The van der Waals surface area contributed by atoms with Crippen LogP contribution in [0.2, 0.25) is 0 Å². The molecule has 0 rings (SSSR count). The summed E-state index contributed by atoms with van der Waals surface area (Å²) < 4.78 is 30.6. The van der Waals surface area contributed by atoms with Gasteiger partial charge >= 0.3 is 7.82 Å². The number of unbranched alkanes of at least 4 members (excludes halogenated alkanes) is 1. The minimum absolute atomic E-state index is 0.0404. The van der Waals surface area contributed by atoms with E-state index in [1.54, 1.807) is 0 Å². The van der Waals surface area contributed by atoms with E-state index in [0.717, 1.165) is 64.2 Å². The third-order valence-corrected chi connectivity index (χ3v) is 5.36. The fraction of sp³-hybridized carbons (Fsp3) is 1.00. The van der Waals surface area contributed by atoms with Gasteiger partial charge in [-0.3, -0.25) is 13.6 Å². The van der Waals surface area contributed by atoms with E-state index in [9.17, 15) is 4.57 Å². The summed E-state index contributed by atoms with van der Waals surface area (Å²) in [5, 5.41) is 0. The van der Waals surface area contributed by atoms with E-state index in [2.05, 4.69) is 34.6 Å². The van der Waals surface area contributed by atoms with Crippen LogP contribution in [0.4, 0.5) is 0 Å². The van der Waals surface area contributed by atoms with Gasteiger partial charge < -0.3 is 0 Å². The van der Waals surface area contributed by atoms with E-state index >= 15 is 0 Å². The molecule has 0 fully saturated rings. The van der Waals surface area contributed by atoms with E-state index < -0.39 is 7.82 Å². The van der Waals surface area contributed by atoms with Crippen molar-refractivity contribution in [1.82, 2.24) is 0 Å². The molecule has 23 heavy (non-hydrogen) atoms. The van der Waals surface area contributed by atoms with Gasteiger partial charge in [-0.15, -0.1) is 0 Å². The van der Waals surface area contributed by atoms with Crippen molar-refractivity contribution in [1.29, 1.82) is 0 Å². The minimum atomic E-state index is -3.48. The summed E-state index contributed by atoms with van der Waals surface area (Å²) in [6, 6.07) is 0. The van der Waals surface area contributed by atoms with Crippen LogP contribution in [-0.4, -0.2) is 18.8 Å². The maximum absolute atomic E-state index is 13.1. The molecule has 0 aliphatic carbocycles. The van der Waals surface area contributed by atoms with Crippen molar-refractivity contribution in [2.75, 3.05) is 6.61 Å². The SMILES string of the molecule is CCCCOP(=O)(OC(CCC)CCC)OC(CCC)CCC. The molecule has 140 valence electrons. The van der Waals surface area contributed by atoms with Gasteiger partial charge in [-0.2, -0.15) is 0 Å². The van der Waals surface area contributed by atoms with E-state index in [4.69, 9.17) is 13.6 Å². The molecule has 0 radical (unpaired) electrons. The normalized spacial score (nSPS) is 12.5. The molecule has 0 atom stereocenters. The van der Waals surface area contributed by atoms with Gasteiger partial charge in [0.05, 0.1) is 18.8 Å². The lowest BCUT2D eigenvalue weighted by molar-refractivity contribution is 0.0405. The molecule has 0 spiro atoms. The van der Waals surface area contributed by atoms with Crippen LogP contribution in [0.3, 0.4) is 0 Å². The van der Waals surface area contributed by atoms with Crippen LogP contribution in [0, 0.1) is 0 Å². The highest BCUT2D eigenvalue weighted by molar-refractivity contribution is 7.48. The zero-order valence-electron chi connectivity index (χ0n) is 16.0. The summed E-state index contributed by atoms with van der Waals surface area (Å²) in [4.78, 5) is 0. The molecule has 0 aromatic rings. The monoisotopic (exact) mass is 350 g/mol. The Hall–Kier alpha value is 0.110. The first-order chi connectivity index (χ1) is 11.0. The molecule has 0 aliphatic heterocycles. The minimum Gasteiger partial charge on any atom is -0.287 e. The molecule has 0 bridgehead atoms. The fourth-order valence-electron chi connectivity index (χ4n) is 2.56. The van der Waals surface area contributed by atoms with Gasteiger partial charge in [0.1, 0.15) is 0 Å². The predicted molar refractivity (Wildman–Crippen MR) is 97.8 cm³/mol. The van der Waals surface area contributed by atoms with E-state index in [0.29, 0.717) is 6.61 Å². The third-order valence-electron chi connectivity index (χ3n) is 3.75. The topological polar surface area (TPSA) is 44.8 Å². The molecule has 0 N–H and O–H groups in total. The van der Waals surface area contributed by atoms with Gasteiger partial charge in [-0.25, -0.2) is 4.57 Å². The molecule has 4 nitrogen and oxygen atoms in total. The van der Waals surface area contributed by atoms with Crippen molar-refractivity contribution in [3.05, 3.63) is 0 Å². The lowest BCUT2D eigenvalue weighted by Gasteiger charge is -2.27. The molecule has 0 aromatic carbocycles. The highest BCUT2D eigenvalue weighted by Gasteiger charge is 2.33. The summed E-state index contributed by atoms with van der Waals surface area (Å²) >= 11 is 0. The highest BCUT2D eigenvalue weighted by atomic mass is 31.2. The van der Waals surface area contributed by atoms with Crippen LogP contribution < -0.4 is 0 Å². The second-order valence-electron chi connectivity index (χ2n) is 6.24. The Bertz CT molecular complexity index is 275. The van der Waals surface area contributed by atoms with Crippen molar-refractivity contribution in [2.24, 2.45) is 0 Å². The molecule has 0 aromatic heterocycles. The molecule has 0 heterocycles. The Morgan fingerprint density at radius 1 is 0.696 bits per heavy atom. The first kappa shape index (κ1) is 23.1. The van der Waals surface area contributed by atoms with Gasteiger partial charge in [-0.1, -0.05) is 66.7 Å². The lowest BCUT2D eigenvalue weighted by Crippen LogP contribution is -2.18. The van der Waals surface area contributed by atoms with Crippen LogP contribution >= 0.6 is 7.82 Å². The smallest absolute Gasteiger partial charge is 0.287 e. The second-order valence-corrected chi connectivity index (χ2v) is 7.82. The molecule has 0 saturated heterocycles. The van der Waals surface area contributed by atoms with Gasteiger partial charge in [0.25, 0.3) is 0 Å². The number of rotatable bonds is 16. The average Bonchev–Trinajstić information content (AvgIpc) is 2.48. The van der Waals surface area contributed by atoms with Crippen LogP contribution in [0.15, 0.2) is 0 Å². The number of phosphoric ester groups is 1. The molecule has 0 aliphatic rings. The zero-order valence-corrected chi connectivity index (χ0v) is 16.9. The third kappa shape index (κ3) is 11.3. The second kappa shape index (κ2) is 14.5. The maximum Gasteiger partial charge on any atom is 0.475 e. The Balaban J connectivity index is 4.92. The summed E-state index contributed by atoms with van der Waals surface area (Å²) in [6.45, 7) is 11.0. The number of phosphoric acid groups is 1. The summed E-state index contributed by atoms with van der Waals surface area (Å²) in [5.41, 5.74) is 0. The zero-order chi connectivity index (χ0) is 17.6. The molecule has 5 heteroatoms. The van der Waals surface area contributed by atoms with Crippen molar-refractivity contribution in [3.63, 3.8) is 0 Å². The maximum atomic E-state index is 13.1. The van der Waals surface area contributed by atoms with E-state index in [-0.39, 0.29) is 12.2 Å². The Morgan fingerprint density at radius 3 is 1.39 bits per heavy atom. The van der Waals surface area contributed by atoms with E-state index in [1.165, 1.54) is 0 Å². The van der Waals surface area contributed by atoms with Crippen molar-refractivity contribution >= 4 is 7.82 Å². The summed E-state index contributed by atoms with van der Waals surface area (Å²) in [7, 11) is -3.48. The molecule has 0 saturated carbocycles. The van der Waals surface area contributed by atoms with Crippen molar-refractivity contribution < 1.29 is 18.1 Å². The van der Waals surface area contributed by atoms with Crippen molar-refractivity contribution in [3.8, 4) is 0 Å². The predicted octanol–water partition coefficient (Wildman–Crippen LogP) is 6.88. The average molecular weight is 350 g/mol. The summed E-state index contributed by atoms with van der Waals surface area (Å²) in [6.07, 6.45) is 9.39. The first-order valence-electron chi connectivity index (χ1n) is 9.66. The Labute approximate surface area is 144 Å². The van der Waals surface area contributed by atoms with Gasteiger partial charge in [0, 0.05) is 0 Å². The molecule has 0 amide bonds. The van der Waals surface area contributed by atoms with Crippen LogP contribution in [0.25, 0.3) is 0 Å². The number of hydrogen-bond donors (Lipinski definition) is 0. The van der Waals surface area contributed by atoms with Gasteiger partial charge in [0.15, 0.2) is 0 Å². The van der Waals surface area contributed by atoms with Gasteiger partial charge in [-0.05, 0) is 32.1 Å². The number of hydrogen-bond acceptors (Lipinski definition) is 4. The summed E-state index contributed by atoms with van der Waals surface area (Å²) in [5.74, 6) is 0. The Kier molecular flexibility index (Phi) is 14.5. The standard InChI is InChI=1S/C18H39O4P/c1-6-11-16-20-23(19,21-17(12-7-2)13-8-3)22-18(14-9-4)15-10-5/h17-18H,6-16H2,1-5H3. The quantitative estimate of drug-likeness (QED) is 0.225. The molecular weight excluding hydrogens is 311 g/mol. The van der Waals surface area contributed by atoms with Crippen LogP contribution in [-0.2, 0) is 18.1 Å². The first-order valence-corrected chi connectivity index (χ1v) is 11.1. The highest BCUT2D eigenvalue weighted by Crippen LogP contribution is 2.53. The lowest BCUT2D eigenvalue weighted by atomic mass is 10.1. The molecular formula is C18H39O4P. The van der Waals surface area contributed by atoms with Crippen LogP contribution in [0.5, 0.6) is 0 Å². The molecule has 0 unspecified atom stereocenters. The van der Waals surface area contributed by atoms with Gasteiger partial charge in [0.2, 0.25) is 0 Å².